The van der Waals surface area contributed by atoms with Crippen LogP contribution < -0.4 is 10.1 Å². The molecule has 1 amide bonds. The smallest absolute Gasteiger partial charge is 0.261 e. The average molecular weight is 273 g/mol. The summed E-state index contributed by atoms with van der Waals surface area (Å²) in [6.45, 7) is 3.82. The number of aryl methyl sites for hydroxylation is 1. The number of ether oxygens (including phenoxy) is 1. The number of hydrogen-bond donors (Lipinski definition) is 1. The Morgan fingerprint density at radius 3 is 2.75 bits per heavy atom. The van der Waals surface area contributed by atoms with Crippen molar-refractivity contribution in [3.05, 3.63) is 29.8 Å². The zero-order valence-corrected chi connectivity index (χ0v) is 12.3. The molecule has 1 N–H and O–H groups in total. The van der Waals surface area contributed by atoms with Crippen molar-refractivity contribution in [2.75, 3.05) is 0 Å². The van der Waals surface area contributed by atoms with Gasteiger partial charge in [-0.05, 0) is 56.6 Å². The standard InChI is InChI=1S/C17H23NO2/c1-11-5-3-4-6-16(11)20-12(2)17(19)18-15-10-13-7-8-14(15)9-13/h3-6,12-15H,7-10H2,1-2H3,(H,18,19)/t12-,13-,14-,15+/m0/s1. The van der Waals surface area contributed by atoms with Gasteiger partial charge in [0.2, 0.25) is 0 Å². The van der Waals surface area contributed by atoms with Crippen LogP contribution in [-0.2, 0) is 4.79 Å². The van der Waals surface area contributed by atoms with Crippen molar-refractivity contribution in [3.8, 4) is 5.75 Å². The molecule has 2 fully saturated rings. The summed E-state index contributed by atoms with van der Waals surface area (Å²) in [6.07, 6.45) is 4.66. The van der Waals surface area contributed by atoms with Gasteiger partial charge in [0.1, 0.15) is 5.75 Å². The fourth-order valence-electron chi connectivity index (χ4n) is 3.65. The third kappa shape index (κ3) is 2.67. The molecule has 3 heteroatoms. The van der Waals surface area contributed by atoms with Crippen LogP contribution in [0.3, 0.4) is 0 Å². The molecule has 3 nitrogen and oxygen atoms in total. The number of carbonyl (C=O) groups excluding carboxylic acids is 1. The van der Waals surface area contributed by atoms with Crippen molar-refractivity contribution in [3.63, 3.8) is 0 Å². The molecule has 20 heavy (non-hydrogen) atoms. The van der Waals surface area contributed by atoms with Gasteiger partial charge in [0, 0.05) is 6.04 Å². The fraction of sp³-hybridized carbons (Fsp3) is 0.588. The number of amides is 1. The number of fused-ring (bicyclic) bond motifs is 2. The Morgan fingerprint density at radius 2 is 2.10 bits per heavy atom. The van der Waals surface area contributed by atoms with E-state index in [0.29, 0.717) is 12.0 Å². The van der Waals surface area contributed by atoms with Crippen molar-refractivity contribution in [1.29, 1.82) is 0 Å². The van der Waals surface area contributed by atoms with Crippen LogP contribution >= 0.6 is 0 Å². The second-order valence-corrected chi connectivity index (χ2v) is 6.32. The summed E-state index contributed by atoms with van der Waals surface area (Å²) in [7, 11) is 0. The SMILES string of the molecule is Cc1ccccc1O[C@@H](C)C(=O)N[C@@H]1C[C@H]2CC[C@H]1C2. The van der Waals surface area contributed by atoms with E-state index in [9.17, 15) is 4.79 Å². The average Bonchev–Trinajstić information content (AvgIpc) is 3.03. The number of benzene rings is 1. The number of hydrogen-bond acceptors (Lipinski definition) is 2. The minimum atomic E-state index is -0.435. The van der Waals surface area contributed by atoms with Crippen LogP contribution in [0, 0.1) is 18.8 Å². The fourth-order valence-corrected chi connectivity index (χ4v) is 3.65. The van der Waals surface area contributed by atoms with Gasteiger partial charge >= 0.3 is 0 Å². The Bertz CT molecular complexity index is 500. The Hall–Kier alpha value is -1.51. The second kappa shape index (κ2) is 5.47. The van der Waals surface area contributed by atoms with Gasteiger partial charge in [0.05, 0.1) is 0 Å². The van der Waals surface area contributed by atoms with Crippen LogP contribution in [0.2, 0.25) is 0 Å². The lowest BCUT2D eigenvalue weighted by molar-refractivity contribution is -0.128. The van der Waals surface area contributed by atoms with E-state index < -0.39 is 6.10 Å². The van der Waals surface area contributed by atoms with E-state index in [1.165, 1.54) is 19.3 Å². The zero-order valence-electron chi connectivity index (χ0n) is 12.3. The van der Waals surface area contributed by atoms with Crippen LogP contribution in [0.4, 0.5) is 0 Å². The first kappa shape index (κ1) is 13.5. The third-order valence-corrected chi connectivity index (χ3v) is 4.83. The Balaban J connectivity index is 1.56. The molecule has 2 saturated carbocycles. The molecule has 108 valence electrons. The number of para-hydroxylation sites is 1. The van der Waals surface area contributed by atoms with Gasteiger partial charge in [0.25, 0.3) is 5.91 Å². The first-order valence-corrected chi connectivity index (χ1v) is 7.66. The molecule has 1 aromatic carbocycles. The van der Waals surface area contributed by atoms with Gasteiger partial charge in [-0.1, -0.05) is 24.6 Å². The van der Waals surface area contributed by atoms with E-state index in [4.69, 9.17) is 4.74 Å². The molecule has 0 aromatic heterocycles. The minimum absolute atomic E-state index is 0.0193. The molecular formula is C17H23NO2. The normalized spacial score (nSPS) is 29.2. The molecule has 3 rings (SSSR count). The van der Waals surface area contributed by atoms with Gasteiger partial charge in [0.15, 0.2) is 6.10 Å². The maximum atomic E-state index is 12.3. The van der Waals surface area contributed by atoms with Crippen molar-refractivity contribution in [2.24, 2.45) is 11.8 Å². The van der Waals surface area contributed by atoms with Crippen LogP contribution in [0.15, 0.2) is 24.3 Å². The highest BCUT2D eigenvalue weighted by Gasteiger charge is 2.40. The topological polar surface area (TPSA) is 38.3 Å². The molecule has 2 bridgehead atoms. The van der Waals surface area contributed by atoms with E-state index >= 15 is 0 Å². The highest BCUT2D eigenvalue weighted by molar-refractivity contribution is 5.81. The maximum absolute atomic E-state index is 12.3. The number of carbonyl (C=O) groups is 1. The Labute approximate surface area is 120 Å². The van der Waals surface area contributed by atoms with Gasteiger partial charge in [-0.2, -0.15) is 0 Å². The number of rotatable bonds is 4. The van der Waals surface area contributed by atoms with E-state index in [1.54, 1.807) is 0 Å². The maximum Gasteiger partial charge on any atom is 0.261 e. The predicted octanol–water partition coefficient (Wildman–Crippen LogP) is 3.07. The Morgan fingerprint density at radius 1 is 1.30 bits per heavy atom. The van der Waals surface area contributed by atoms with Gasteiger partial charge in [-0.25, -0.2) is 0 Å². The van der Waals surface area contributed by atoms with Gasteiger partial charge in [-0.15, -0.1) is 0 Å². The van der Waals surface area contributed by atoms with Gasteiger partial charge in [-0.3, -0.25) is 4.79 Å². The van der Waals surface area contributed by atoms with E-state index in [0.717, 1.165) is 23.7 Å². The minimum Gasteiger partial charge on any atom is -0.481 e. The highest BCUT2D eigenvalue weighted by atomic mass is 16.5. The summed E-state index contributed by atoms with van der Waals surface area (Å²) in [4.78, 5) is 12.3. The molecule has 2 aliphatic rings. The Kier molecular flexibility index (Phi) is 3.68. The van der Waals surface area contributed by atoms with E-state index in [1.807, 2.05) is 38.1 Å². The summed E-state index contributed by atoms with van der Waals surface area (Å²) >= 11 is 0. The van der Waals surface area contributed by atoms with Crippen molar-refractivity contribution in [1.82, 2.24) is 5.32 Å². The first-order chi connectivity index (χ1) is 9.63. The third-order valence-electron chi connectivity index (χ3n) is 4.83. The first-order valence-electron chi connectivity index (χ1n) is 7.66. The highest BCUT2D eigenvalue weighted by Crippen LogP contribution is 2.44. The number of nitrogens with one attached hydrogen (secondary N) is 1. The van der Waals surface area contributed by atoms with Crippen molar-refractivity contribution < 1.29 is 9.53 Å². The van der Waals surface area contributed by atoms with E-state index in [2.05, 4.69) is 5.32 Å². The van der Waals surface area contributed by atoms with E-state index in [-0.39, 0.29) is 5.91 Å². The molecule has 0 saturated heterocycles. The molecule has 0 spiro atoms. The zero-order chi connectivity index (χ0) is 14.1. The predicted molar refractivity (Wildman–Crippen MR) is 78.6 cm³/mol. The summed E-state index contributed by atoms with van der Waals surface area (Å²) in [5.41, 5.74) is 1.06. The molecule has 1 aromatic rings. The monoisotopic (exact) mass is 273 g/mol. The van der Waals surface area contributed by atoms with Crippen LogP contribution in [-0.4, -0.2) is 18.1 Å². The van der Waals surface area contributed by atoms with Crippen LogP contribution in [0.5, 0.6) is 5.75 Å². The summed E-state index contributed by atoms with van der Waals surface area (Å²) < 4.78 is 5.79. The largest absolute Gasteiger partial charge is 0.481 e. The summed E-state index contributed by atoms with van der Waals surface area (Å²) in [5.74, 6) is 2.36. The second-order valence-electron chi connectivity index (χ2n) is 6.32. The van der Waals surface area contributed by atoms with Crippen molar-refractivity contribution >= 4 is 5.91 Å². The molecule has 0 aliphatic heterocycles. The molecule has 0 heterocycles. The summed E-state index contributed by atoms with van der Waals surface area (Å²) in [5, 5.41) is 3.19. The summed E-state index contributed by atoms with van der Waals surface area (Å²) in [6, 6.07) is 8.20. The molecule has 4 atom stereocenters. The molecule has 2 aliphatic carbocycles. The van der Waals surface area contributed by atoms with Crippen molar-refractivity contribution in [2.45, 2.75) is 51.7 Å². The lowest BCUT2D eigenvalue weighted by Crippen LogP contribution is -2.44. The van der Waals surface area contributed by atoms with Gasteiger partial charge < -0.3 is 10.1 Å². The molecule has 0 radical (unpaired) electrons. The lowest BCUT2D eigenvalue weighted by atomic mass is 9.95. The van der Waals surface area contributed by atoms with Crippen LogP contribution in [0.1, 0.15) is 38.2 Å². The lowest BCUT2D eigenvalue weighted by Gasteiger charge is -2.25. The molecule has 0 unspecified atom stereocenters. The van der Waals surface area contributed by atoms with Crippen LogP contribution in [0.25, 0.3) is 0 Å². The molecular weight excluding hydrogens is 250 g/mol. The quantitative estimate of drug-likeness (QED) is 0.915.